The van der Waals surface area contributed by atoms with Crippen LogP contribution in [0.4, 0.5) is 0 Å². The minimum absolute atomic E-state index is 0.543. The molecule has 0 atom stereocenters. The summed E-state index contributed by atoms with van der Waals surface area (Å²) >= 11 is 0. The van der Waals surface area contributed by atoms with E-state index in [4.69, 9.17) is 7.85 Å². The van der Waals surface area contributed by atoms with Crippen LogP contribution >= 0.6 is 0 Å². The van der Waals surface area contributed by atoms with Gasteiger partial charge in [0.2, 0.25) is 0 Å². The second-order valence-electron chi connectivity index (χ2n) is 3.02. The Balaban J connectivity index is 2.46. The number of hydrogen-bond acceptors (Lipinski definition) is 1. The number of nitrogens with zero attached hydrogens (tertiary/aromatic N) is 2. The lowest BCUT2D eigenvalue weighted by atomic mass is 10.1. The quantitative estimate of drug-likeness (QED) is 0.580. The lowest BCUT2D eigenvalue weighted by Gasteiger charge is -2.01. The van der Waals surface area contributed by atoms with E-state index in [2.05, 4.69) is 24.2 Å². The Labute approximate surface area is 78.6 Å². The molecule has 2 rings (SSSR count). The van der Waals surface area contributed by atoms with Crippen LogP contribution in [0.2, 0.25) is 0 Å². The summed E-state index contributed by atoms with van der Waals surface area (Å²) in [6.45, 7) is 2.05. The van der Waals surface area contributed by atoms with Crippen LogP contribution in [0.5, 0.6) is 0 Å². The van der Waals surface area contributed by atoms with Crippen LogP contribution in [0.1, 0.15) is 5.56 Å². The van der Waals surface area contributed by atoms with E-state index in [1.54, 1.807) is 10.7 Å². The minimum Gasteiger partial charge on any atom is -0.242 e. The Bertz CT molecular complexity index is 420. The molecule has 0 aliphatic carbocycles. The highest BCUT2D eigenvalue weighted by Gasteiger charge is 1.96. The van der Waals surface area contributed by atoms with E-state index < -0.39 is 0 Å². The SMILES string of the molecule is [B]c1ccn(-c2cccc(C)c2)n1. The third-order valence-electron chi connectivity index (χ3n) is 1.88. The molecule has 0 fully saturated rings. The van der Waals surface area contributed by atoms with Gasteiger partial charge in [-0.25, -0.2) is 4.68 Å². The summed E-state index contributed by atoms with van der Waals surface area (Å²) in [6.07, 6.45) is 1.85. The van der Waals surface area contributed by atoms with Crippen molar-refractivity contribution in [3.63, 3.8) is 0 Å². The molecule has 0 aliphatic heterocycles. The first-order valence-electron chi connectivity index (χ1n) is 4.14. The summed E-state index contributed by atoms with van der Waals surface area (Å²) in [5.41, 5.74) is 2.80. The predicted octanol–water partition coefficient (Wildman–Crippen LogP) is 0.975. The van der Waals surface area contributed by atoms with E-state index in [1.807, 2.05) is 18.3 Å². The van der Waals surface area contributed by atoms with Gasteiger partial charge in [0.1, 0.15) is 7.85 Å². The summed E-state index contributed by atoms with van der Waals surface area (Å²) in [7, 11) is 5.52. The lowest BCUT2D eigenvalue weighted by Crippen LogP contribution is -2.06. The molecule has 0 amide bonds. The van der Waals surface area contributed by atoms with E-state index >= 15 is 0 Å². The van der Waals surface area contributed by atoms with Gasteiger partial charge < -0.3 is 0 Å². The first-order chi connectivity index (χ1) is 6.25. The van der Waals surface area contributed by atoms with Gasteiger partial charge in [-0.1, -0.05) is 12.1 Å². The molecule has 2 nitrogen and oxygen atoms in total. The Morgan fingerprint density at radius 1 is 1.31 bits per heavy atom. The largest absolute Gasteiger partial charge is 0.242 e. The van der Waals surface area contributed by atoms with Crippen molar-refractivity contribution in [3.8, 4) is 5.69 Å². The van der Waals surface area contributed by atoms with Gasteiger partial charge in [-0.05, 0) is 30.7 Å². The van der Waals surface area contributed by atoms with Crippen molar-refractivity contribution in [2.24, 2.45) is 0 Å². The molecule has 1 aromatic heterocycles. The highest BCUT2D eigenvalue weighted by molar-refractivity contribution is 6.30. The van der Waals surface area contributed by atoms with Crippen molar-refractivity contribution in [1.29, 1.82) is 0 Å². The number of rotatable bonds is 1. The van der Waals surface area contributed by atoms with Crippen LogP contribution in [0.25, 0.3) is 5.69 Å². The van der Waals surface area contributed by atoms with E-state index in [1.165, 1.54) is 5.56 Å². The fourth-order valence-corrected chi connectivity index (χ4v) is 1.25. The molecule has 0 spiro atoms. The molecule has 2 radical (unpaired) electrons. The second-order valence-corrected chi connectivity index (χ2v) is 3.02. The van der Waals surface area contributed by atoms with Crippen LogP contribution in [-0.4, -0.2) is 17.6 Å². The van der Waals surface area contributed by atoms with Gasteiger partial charge in [0.05, 0.1) is 5.69 Å². The standard InChI is InChI=1S/C10H9BN2/c1-8-3-2-4-9(7-8)13-6-5-10(11)12-13/h2-7H,1H3. The first kappa shape index (κ1) is 8.11. The fourth-order valence-electron chi connectivity index (χ4n) is 1.25. The molecular formula is C10H9BN2. The number of hydrogen-bond donors (Lipinski definition) is 0. The fraction of sp³-hybridized carbons (Fsp3) is 0.100. The summed E-state index contributed by atoms with van der Waals surface area (Å²) in [5.74, 6) is 0. The van der Waals surface area contributed by atoms with Crippen LogP contribution in [0, 0.1) is 6.92 Å². The average molecular weight is 168 g/mol. The normalized spacial score (nSPS) is 10.2. The molecule has 1 aromatic carbocycles. The van der Waals surface area contributed by atoms with E-state index in [9.17, 15) is 0 Å². The lowest BCUT2D eigenvalue weighted by molar-refractivity contribution is 0.890. The Hall–Kier alpha value is -1.51. The van der Waals surface area contributed by atoms with Crippen molar-refractivity contribution in [2.45, 2.75) is 6.92 Å². The highest BCUT2D eigenvalue weighted by atomic mass is 15.3. The summed E-state index contributed by atoms with van der Waals surface area (Å²) < 4.78 is 1.77. The van der Waals surface area contributed by atoms with Crippen LogP contribution in [-0.2, 0) is 0 Å². The highest BCUT2D eigenvalue weighted by Crippen LogP contribution is 2.07. The van der Waals surface area contributed by atoms with Gasteiger partial charge in [0.25, 0.3) is 0 Å². The zero-order valence-electron chi connectivity index (χ0n) is 7.44. The smallest absolute Gasteiger partial charge is 0.144 e. The van der Waals surface area contributed by atoms with Crippen molar-refractivity contribution in [2.75, 3.05) is 0 Å². The van der Waals surface area contributed by atoms with Crippen molar-refractivity contribution in [1.82, 2.24) is 9.78 Å². The molecular weight excluding hydrogens is 159 g/mol. The molecule has 0 saturated carbocycles. The van der Waals surface area contributed by atoms with Crippen LogP contribution < -0.4 is 5.59 Å². The van der Waals surface area contributed by atoms with Gasteiger partial charge in [0, 0.05) is 11.8 Å². The predicted molar refractivity (Wildman–Crippen MR) is 53.7 cm³/mol. The summed E-state index contributed by atoms with van der Waals surface area (Å²) in [5, 5.41) is 4.12. The Morgan fingerprint density at radius 2 is 2.15 bits per heavy atom. The van der Waals surface area contributed by atoms with Crippen molar-refractivity contribution >= 4 is 13.4 Å². The van der Waals surface area contributed by atoms with E-state index in [0.29, 0.717) is 5.59 Å². The second kappa shape index (κ2) is 3.09. The molecule has 13 heavy (non-hydrogen) atoms. The van der Waals surface area contributed by atoms with Crippen molar-refractivity contribution in [3.05, 3.63) is 42.1 Å². The summed E-state index contributed by atoms with van der Waals surface area (Å²) in [6, 6.07) is 9.90. The zero-order valence-corrected chi connectivity index (χ0v) is 7.44. The maximum atomic E-state index is 5.52. The zero-order chi connectivity index (χ0) is 9.26. The first-order valence-corrected chi connectivity index (χ1v) is 4.14. The number of aryl methyl sites for hydroxylation is 1. The monoisotopic (exact) mass is 168 g/mol. The third kappa shape index (κ3) is 1.64. The van der Waals surface area contributed by atoms with Crippen LogP contribution in [0.15, 0.2) is 36.5 Å². The molecule has 0 aliphatic rings. The molecule has 0 N–H and O–H groups in total. The average Bonchev–Trinajstić information content (AvgIpc) is 2.52. The van der Waals surface area contributed by atoms with Gasteiger partial charge in [0.15, 0.2) is 0 Å². The van der Waals surface area contributed by atoms with Gasteiger partial charge in [-0.3, -0.25) is 0 Å². The molecule has 0 saturated heterocycles. The van der Waals surface area contributed by atoms with Crippen molar-refractivity contribution < 1.29 is 0 Å². The van der Waals surface area contributed by atoms with Crippen LogP contribution in [0.3, 0.4) is 0 Å². The Morgan fingerprint density at radius 3 is 2.77 bits per heavy atom. The minimum atomic E-state index is 0.543. The summed E-state index contributed by atoms with van der Waals surface area (Å²) in [4.78, 5) is 0. The topological polar surface area (TPSA) is 17.8 Å². The van der Waals surface area contributed by atoms with Gasteiger partial charge in [-0.15, -0.1) is 0 Å². The maximum Gasteiger partial charge on any atom is 0.144 e. The molecule has 0 bridgehead atoms. The molecule has 1 heterocycles. The van der Waals surface area contributed by atoms with Gasteiger partial charge >= 0.3 is 0 Å². The van der Waals surface area contributed by atoms with E-state index in [-0.39, 0.29) is 0 Å². The molecule has 0 unspecified atom stereocenters. The third-order valence-corrected chi connectivity index (χ3v) is 1.88. The number of aromatic nitrogens is 2. The number of benzene rings is 1. The van der Waals surface area contributed by atoms with Gasteiger partial charge in [-0.2, -0.15) is 5.10 Å². The van der Waals surface area contributed by atoms with E-state index in [0.717, 1.165) is 5.69 Å². The Kier molecular flexibility index (Phi) is 1.93. The molecule has 3 heteroatoms. The maximum absolute atomic E-state index is 5.52. The molecule has 2 aromatic rings. The molecule has 62 valence electrons.